The van der Waals surface area contributed by atoms with Gasteiger partial charge < -0.3 is 5.11 Å². The van der Waals surface area contributed by atoms with E-state index in [-0.39, 0.29) is 29.8 Å². The molecule has 2 atom stereocenters. The van der Waals surface area contributed by atoms with Crippen molar-refractivity contribution in [3.8, 4) is 0 Å². The van der Waals surface area contributed by atoms with Crippen molar-refractivity contribution in [1.82, 2.24) is 9.88 Å². The molecule has 1 aromatic carbocycles. The van der Waals surface area contributed by atoms with Crippen molar-refractivity contribution in [2.75, 3.05) is 11.4 Å². The Bertz CT molecular complexity index is 1130. The summed E-state index contributed by atoms with van der Waals surface area (Å²) < 4.78 is 39.7. The molecule has 1 aromatic heterocycles. The molecule has 32 heavy (non-hydrogen) atoms. The molecule has 3 heterocycles. The van der Waals surface area contributed by atoms with Gasteiger partial charge in [0.2, 0.25) is 5.91 Å². The number of rotatable bonds is 4. The van der Waals surface area contributed by atoms with E-state index < -0.39 is 53.2 Å². The molecule has 2 aromatic rings. The van der Waals surface area contributed by atoms with Gasteiger partial charge in [0.25, 0.3) is 11.8 Å². The standard InChI is InChI=1S/C21H16F3N3O5/c1-10-6-12(21(22,23)24)8-15(25-10)27-16(28)7-11(17(27)20(31)32)9-26-18(29)13-4-2-3-5-14(13)19(26)30/h2-6,8,11,17H,7,9H2,1H3,(H,31,32). The van der Waals surface area contributed by atoms with Gasteiger partial charge in [0.15, 0.2) is 0 Å². The maximum absolute atomic E-state index is 13.2. The monoisotopic (exact) mass is 447 g/mol. The first-order valence-electron chi connectivity index (χ1n) is 9.55. The van der Waals surface area contributed by atoms with Gasteiger partial charge in [-0.2, -0.15) is 13.2 Å². The van der Waals surface area contributed by atoms with E-state index in [1.807, 2.05) is 0 Å². The highest BCUT2D eigenvalue weighted by Crippen LogP contribution is 2.36. The quantitative estimate of drug-likeness (QED) is 0.722. The second-order valence-electron chi connectivity index (χ2n) is 7.63. The van der Waals surface area contributed by atoms with Gasteiger partial charge in [-0.15, -0.1) is 0 Å². The topological polar surface area (TPSA) is 108 Å². The molecule has 166 valence electrons. The van der Waals surface area contributed by atoms with E-state index in [4.69, 9.17) is 0 Å². The SMILES string of the molecule is Cc1cc(C(F)(F)F)cc(N2C(=O)CC(CN3C(=O)c4ccccc4C3=O)C2C(=O)O)n1. The number of alkyl halides is 3. The van der Waals surface area contributed by atoms with Gasteiger partial charge in [-0.1, -0.05) is 12.1 Å². The lowest BCUT2D eigenvalue weighted by molar-refractivity contribution is -0.139. The molecule has 0 saturated carbocycles. The van der Waals surface area contributed by atoms with Crippen LogP contribution in [0, 0.1) is 12.8 Å². The average molecular weight is 447 g/mol. The predicted molar refractivity (Wildman–Crippen MR) is 103 cm³/mol. The highest BCUT2D eigenvalue weighted by atomic mass is 19.4. The van der Waals surface area contributed by atoms with Crippen molar-refractivity contribution in [3.05, 3.63) is 58.8 Å². The fourth-order valence-corrected chi connectivity index (χ4v) is 4.12. The van der Waals surface area contributed by atoms with Crippen molar-refractivity contribution >= 4 is 29.5 Å². The van der Waals surface area contributed by atoms with E-state index in [2.05, 4.69) is 4.98 Å². The number of carboxylic acid groups (broad SMARTS) is 1. The smallest absolute Gasteiger partial charge is 0.416 e. The number of halogens is 3. The van der Waals surface area contributed by atoms with Gasteiger partial charge in [-0.3, -0.25) is 24.2 Å². The van der Waals surface area contributed by atoms with Crippen molar-refractivity contribution in [3.63, 3.8) is 0 Å². The number of carbonyl (C=O) groups excluding carboxylic acids is 3. The normalized spacial score (nSPS) is 20.8. The van der Waals surface area contributed by atoms with Crippen LogP contribution in [-0.4, -0.2) is 51.3 Å². The minimum absolute atomic E-state index is 0.0458. The molecule has 0 spiro atoms. The minimum Gasteiger partial charge on any atom is -0.480 e. The number of aromatic nitrogens is 1. The molecule has 2 aliphatic rings. The molecule has 0 radical (unpaired) electrons. The Hall–Kier alpha value is -3.76. The van der Waals surface area contributed by atoms with Crippen LogP contribution >= 0.6 is 0 Å². The summed E-state index contributed by atoms with van der Waals surface area (Å²) in [5.41, 5.74) is -0.780. The Morgan fingerprint density at radius 2 is 1.72 bits per heavy atom. The summed E-state index contributed by atoms with van der Waals surface area (Å²) in [6.07, 6.45) is -5.09. The lowest BCUT2D eigenvalue weighted by Gasteiger charge is -2.26. The van der Waals surface area contributed by atoms with E-state index in [0.29, 0.717) is 11.0 Å². The maximum Gasteiger partial charge on any atom is 0.416 e. The highest BCUT2D eigenvalue weighted by molar-refractivity contribution is 6.21. The number of imide groups is 1. The van der Waals surface area contributed by atoms with Crippen molar-refractivity contribution in [2.45, 2.75) is 25.6 Å². The van der Waals surface area contributed by atoms with Gasteiger partial charge in [0.1, 0.15) is 11.9 Å². The fraction of sp³-hybridized carbons (Fsp3) is 0.286. The predicted octanol–water partition coefficient (Wildman–Crippen LogP) is 2.51. The van der Waals surface area contributed by atoms with Crippen molar-refractivity contribution < 1.29 is 37.5 Å². The van der Waals surface area contributed by atoms with Crippen LogP contribution in [0.3, 0.4) is 0 Å². The Morgan fingerprint density at radius 3 is 2.25 bits per heavy atom. The van der Waals surface area contributed by atoms with Crippen molar-refractivity contribution in [1.29, 1.82) is 0 Å². The number of nitrogens with zero attached hydrogens (tertiary/aromatic N) is 3. The van der Waals surface area contributed by atoms with Gasteiger partial charge in [0, 0.05) is 24.6 Å². The lowest BCUT2D eigenvalue weighted by atomic mass is 9.99. The zero-order valence-corrected chi connectivity index (χ0v) is 16.6. The first-order chi connectivity index (χ1) is 15.0. The van der Waals surface area contributed by atoms with Crippen LogP contribution in [0.5, 0.6) is 0 Å². The maximum atomic E-state index is 13.2. The Kier molecular flexibility index (Phi) is 4.99. The molecule has 8 nitrogen and oxygen atoms in total. The largest absolute Gasteiger partial charge is 0.480 e. The number of aliphatic carboxylic acids is 1. The van der Waals surface area contributed by atoms with E-state index in [0.717, 1.165) is 11.0 Å². The van der Waals surface area contributed by atoms with E-state index in [1.54, 1.807) is 12.1 Å². The molecular weight excluding hydrogens is 431 g/mol. The summed E-state index contributed by atoms with van der Waals surface area (Å²) in [6.45, 7) is 0.925. The average Bonchev–Trinajstić information content (AvgIpc) is 3.17. The third kappa shape index (κ3) is 3.49. The number of pyridine rings is 1. The Labute approximate surface area is 179 Å². The Morgan fingerprint density at radius 1 is 1.12 bits per heavy atom. The van der Waals surface area contributed by atoms with Gasteiger partial charge >= 0.3 is 12.1 Å². The van der Waals surface area contributed by atoms with Gasteiger partial charge in [-0.05, 0) is 31.2 Å². The number of fused-ring (bicyclic) bond motifs is 1. The number of aryl methyl sites for hydroxylation is 1. The fourth-order valence-electron chi connectivity index (χ4n) is 4.12. The summed E-state index contributed by atoms with van der Waals surface area (Å²) in [5.74, 6) is -4.94. The van der Waals surface area contributed by atoms with Crippen LogP contribution in [-0.2, 0) is 15.8 Å². The summed E-state index contributed by atoms with van der Waals surface area (Å²) in [5, 5.41) is 9.78. The highest BCUT2D eigenvalue weighted by Gasteiger charge is 2.49. The van der Waals surface area contributed by atoms with E-state index >= 15 is 0 Å². The Balaban J connectivity index is 1.67. The first kappa shape index (κ1) is 21.5. The molecule has 1 fully saturated rings. The number of hydrogen-bond acceptors (Lipinski definition) is 5. The van der Waals surface area contributed by atoms with Crippen LogP contribution in [0.25, 0.3) is 0 Å². The summed E-state index contributed by atoms with van der Waals surface area (Å²) in [4.78, 5) is 55.5. The molecule has 1 saturated heterocycles. The van der Waals surface area contributed by atoms with Gasteiger partial charge in [0.05, 0.1) is 16.7 Å². The molecule has 2 aliphatic heterocycles. The number of carbonyl (C=O) groups is 4. The van der Waals surface area contributed by atoms with Crippen molar-refractivity contribution in [2.24, 2.45) is 5.92 Å². The lowest BCUT2D eigenvalue weighted by Crippen LogP contribution is -2.46. The summed E-state index contributed by atoms with van der Waals surface area (Å²) >= 11 is 0. The molecule has 2 unspecified atom stereocenters. The van der Waals surface area contributed by atoms with Crippen LogP contribution < -0.4 is 4.90 Å². The number of benzene rings is 1. The number of hydrogen-bond donors (Lipinski definition) is 1. The molecule has 3 amide bonds. The van der Waals surface area contributed by atoms with Crippen LogP contribution in [0.1, 0.15) is 38.4 Å². The van der Waals surface area contributed by atoms with Crippen LogP contribution in [0.15, 0.2) is 36.4 Å². The zero-order valence-electron chi connectivity index (χ0n) is 16.6. The third-order valence-electron chi connectivity index (χ3n) is 5.49. The molecule has 11 heteroatoms. The molecule has 1 N–H and O–H groups in total. The molecule has 0 bridgehead atoms. The summed E-state index contributed by atoms with van der Waals surface area (Å²) in [6, 6.07) is 5.90. The number of anilines is 1. The molecule has 0 aliphatic carbocycles. The second-order valence-corrected chi connectivity index (χ2v) is 7.63. The second kappa shape index (κ2) is 7.43. The van der Waals surface area contributed by atoms with Crippen LogP contribution in [0.4, 0.5) is 19.0 Å². The molecule has 4 rings (SSSR count). The molecular formula is C21H16F3N3O5. The first-order valence-corrected chi connectivity index (χ1v) is 9.55. The third-order valence-corrected chi connectivity index (χ3v) is 5.49. The van der Waals surface area contributed by atoms with Gasteiger partial charge in [-0.25, -0.2) is 9.78 Å². The van der Waals surface area contributed by atoms with Crippen LogP contribution in [0.2, 0.25) is 0 Å². The summed E-state index contributed by atoms with van der Waals surface area (Å²) in [7, 11) is 0. The number of carboxylic acids is 1. The minimum atomic E-state index is -4.72. The zero-order chi connectivity index (χ0) is 23.4. The van der Waals surface area contributed by atoms with E-state index in [9.17, 15) is 37.5 Å². The number of amides is 3. The van der Waals surface area contributed by atoms with E-state index in [1.165, 1.54) is 19.1 Å².